The van der Waals surface area contributed by atoms with Gasteiger partial charge in [0.15, 0.2) is 0 Å². The molecule has 1 atom stereocenters. The van der Waals surface area contributed by atoms with Crippen LogP contribution in [0.15, 0.2) is 36.5 Å². The lowest BCUT2D eigenvalue weighted by Gasteiger charge is -2.34. The number of β-amino-alcohol motifs (C(OH)–C–C–N with tert-alkyl or cyclic N) is 1. The number of aromatic nitrogens is 2. The van der Waals surface area contributed by atoms with E-state index < -0.39 is 6.10 Å². The van der Waals surface area contributed by atoms with Crippen molar-refractivity contribution in [3.8, 4) is 5.75 Å². The van der Waals surface area contributed by atoms with Crippen molar-refractivity contribution in [1.82, 2.24) is 24.9 Å². The number of H-pyrrole nitrogens is 1. The number of rotatable bonds is 10. The topological polar surface area (TPSA) is 67.9 Å². The molecule has 0 spiro atoms. The zero-order chi connectivity index (χ0) is 19.8. The molecule has 1 saturated heterocycles. The van der Waals surface area contributed by atoms with E-state index in [0.717, 1.165) is 57.3 Å². The first-order valence-corrected chi connectivity index (χ1v) is 10.1. The Bertz CT molecular complexity index is 686. The van der Waals surface area contributed by atoms with Crippen LogP contribution in [0.2, 0.25) is 0 Å². The number of piperazine rings is 1. The Kier molecular flexibility index (Phi) is 7.85. The summed E-state index contributed by atoms with van der Waals surface area (Å²) in [6.45, 7) is 10.1. The molecule has 154 valence electrons. The molecule has 0 aliphatic carbocycles. The van der Waals surface area contributed by atoms with Crippen LogP contribution in [0, 0.1) is 0 Å². The van der Waals surface area contributed by atoms with E-state index >= 15 is 0 Å². The number of likely N-dealkylation sites (N-methyl/N-ethyl adjacent to an activating group) is 1. The van der Waals surface area contributed by atoms with E-state index in [1.165, 1.54) is 5.56 Å². The standard InChI is InChI=1S/C21H33N5O2/c1-3-25-9-11-26(12-10-25)16-20(27)17-28-21-6-4-5-18(13-21)14-24(2)15-19-7-8-22-23-19/h4-8,13,20,27H,3,9-12,14-17H2,1-2H3,(H,22,23)/t20-/m1/s1. The average molecular weight is 388 g/mol. The van der Waals surface area contributed by atoms with Gasteiger partial charge in [-0.25, -0.2) is 0 Å². The molecule has 1 fully saturated rings. The summed E-state index contributed by atoms with van der Waals surface area (Å²) in [5, 5.41) is 17.3. The first kappa shape index (κ1) is 20.8. The highest BCUT2D eigenvalue weighted by molar-refractivity contribution is 5.28. The molecule has 0 amide bonds. The average Bonchev–Trinajstić information content (AvgIpc) is 3.20. The van der Waals surface area contributed by atoms with Gasteiger partial charge in [0.25, 0.3) is 0 Å². The van der Waals surface area contributed by atoms with Gasteiger partial charge in [-0.05, 0) is 37.4 Å². The Labute approximate surface area is 167 Å². The molecule has 7 heteroatoms. The number of aliphatic hydroxyl groups excluding tert-OH is 1. The van der Waals surface area contributed by atoms with Crippen molar-refractivity contribution in [1.29, 1.82) is 0 Å². The second-order valence-corrected chi connectivity index (χ2v) is 7.60. The van der Waals surface area contributed by atoms with E-state index in [4.69, 9.17) is 4.74 Å². The van der Waals surface area contributed by atoms with Gasteiger partial charge >= 0.3 is 0 Å². The van der Waals surface area contributed by atoms with Crippen molar-refractivity contribution in [2.45, 2.75) is 26.1 Å². The van der Waals surface area contributed by atoms with Gasteiger partial charge in [0, 0.05) is 57.7 Å². The molecule has 1 aromatic heterocycles. The Morgan fingerprint density at radius 2 is 1.96 bits per heavy atom. The molecular formula is C21H33N5O2. The SMILES string of the molecule is CCN1CCN(C[C@@H](O)COc2cccc(CN(C)Cc3ccn[nH]3)c2)CC1. The van der Waals surface area contributed by atoms with Gasteiger partial charge in [-0.2, -0.15) is 5.10 Å². The van der Waals surface area contributed by atoms with Gasteiger partial charge in [-0.15, -0.1) is 0 Å². The number of hydrogen-bond donors (Lipinski definition) is 2. The lowest BCUT2D eigenvalue weighted by molar-refractivity contribution is 0.0470. The highest BCUT2D eigenvalue weighted by Crippen LogP contribution is 2.16. The third kappa shape index (κ3) is 6.60. The number of ether oxygens (including phenoxy) is 1. The van der Waals surface area contributed by atoms with Crippen LogP contribution in [0.1, 0.15) is 18.2 Å². The van der Waals surface area contributed by atoms with Crippen LogP contribution in [0.5, 0.6) is 5.75 Å². The van der Waals surface area contributed by atoms with E-state index in [0.29, 0.717) is 13.2 Å². The lowest BCUT2D eigenvalue weighted by Crippen LogP contribution is -2.49. The molecule has 0 bridgehead atoms. The number of hydrogen-bond acceptors (Lipinski definition) is 6. The van der Waals surface area contributed by atoms with Crippen LogP contribution in [-0.4, -0.2) is 89.0 Å². The molecule has 7 nitrogen and oxygen atoms in total. The van der Waals surface area contributed by atoms with Crippen LogP contribution >= 0.6 is 0 Å². The van der Waals surface area contributed by atoms with Gasteiger partial charge in [0.1, 0.15) is 18.5 Å². The maximum Gasteiger partial charge on any atom is 0.119 e. The van der Waals surface area contributed by atoms with E-state index in [2.05, 4.69) is 51.0 Å². The van der Waals surface area contributed by atoms with Gasteiger partial charge in [-0.3, -0.25) is 14.9 Å². The van der Waals surface area contributed by atoms with Crippen LogP contribution in [0.25, 0.3) is 0 Å². The summed E-state index contributed by atoms with van der Waals surface area (Å²) in [4.78, 5) is 6.98. The van der Waals surface area contributed by atoms with Crippen LogP contribution in [-0.2, 0) is 13.1 Å². The summed E-state index contributed by atoms with van der Waals surface area (Å²) < 4.78 is 5.86. The number of aliphatic hydroxyl groups is 1. The highest BCUT2D eigenvalue weighted by atomic mass is 16.5. The molecular weight excluding hydrogens is 354 g/mol. The monoisotopic (exact) mass is 387 g/mol. The first-order valence-electron chi connectivity index (χ1n) is 10.1. The predicted octanol–water partition coefficient (Wildman–Crippen LogP) is 1.42. The second-order valence-electron chi connectivity index (χ2n) is 7.60. The molecule has 28 heavy (non-hydrogen) atoms. The van der Waals surface area contributed by atoms with Crippen molar-refractivity contribution in [3.05, 3.63) is 47.8 Å². The predicted molar refractivity (Wildman–Crippen MR) is 110 cm³/mol. The minimum absolute atomic E-state index is 0.321. The van der Waals surface area contributed by atoms with E-state index in [1.54, 1.807) is 6.20 Å². The Morgan fingerprint density at radius 3 is 2.68 bits per heavy atom. The van der Waals surface area contributed by atoms with Gasteiger partial charge in [0.2, 0.25) is 0 Å². The van der Waals surface area contributed by atoms with Crippen molar-refractivity contribution in [3.63, 3.8) is 0 Å². The van der Waals surface area contributed by atoms with Crippen LogP contribution in [0.4, 0.5) is 0 Å². The number of benzene rings is 1. The molecule has 3 rings (SSSR count). The van der Waals surface area contributed by atoms with Crippen molar-refractivity contribution in [2.24, 2.45) is 0 Å². The second kappa shape index (κ2) is 10.6. The molecule has 2 heterocycles. The minimum atomic E-state index is -0.472. The Balaban J connectivity index is 1.41. The van der Waals surface area contributed by atoms with Gasteiger partial charge < -0.3 is 14.7 Å². The Hall–Kier alpha value is -1.93. The Morgan fingerprint density at radius 1 is 1.18 bits per heavy atom. The molecule has 2 aromatic rings. The van der Waals surface area contributed by atoms with E-state index in [9.17, 15) is 5.11 Å². The van der Waals surface area contributed by atoms with Crippen molar-refractivity contribution in [2.75, 3.05) is 52.9 Å². The third-order valence-corrected chi connectivity index (χ3v) is 5.17. The fourth-order valence-electron chi connectivity index (χ4n) is 3.60. The van der Waals surface area contributed by atoms with Crippen molar-refractivity contribution < 1.29 is 9.84 Å². The quantitative estimate of drug-likeness (QED) is 0.643. The molecule has 1 aromatic carbocycles. The van der Waals surface area contributed by atoms with Gasteiger partial charge in [-0.1, -0.05) is 19.1 Å². The zero-order valence-electron chi connectivity index (χ0n) is 17.0. The molecule has 2 N–H and O–H groups in total. The van der Waals surface area contributed by atoms with Gasteiger partial charge in [0.05, 0.1) is 0 Å². The number of aromatic amines is 1. The lowest BCUT2D eigenvalue weighted by atomic mass is 10.2. The number of nitrogens with zero attached hydrogens (tertiary/aromatic N) is 4. The highest BCUT2D eigenvalue weighted by Gasteiger charge is 2.18. The van der Waals surface area contributed by atoms with Crippen LogP contribution in [0.3, 0.4) is 0 Å². The zero-order valence-corrected chi connectivity index (χ0v) is 17.0. The molecule has 0 saturated carbocycles. The summed E-state index contributed by atoms with van der Waals surface area (Å²) in [6.07, 6.45) is 1.30. The maximum absolute atomic E-state index is 10.3. The summed E-state index contributed by atoms with van der Waals surface area (Å²) in [5.41, 5.74) is 2.28. The minimum Gasteiger partial charge on any atom is -0.491 e. The summed E-state index contributed by atoms with van der Waals surface area (Å²) in [6, 6.07) is 10.1. The molecule has 1 aliphatic heterocycles. The maximum atomic E-state index is 10.3. The number of nitrogens with one attached hydrogen (secondary N) is 1. The van der Waals surface area contributed by atoms with Crippen LogP contribution < -0.4 is 4.74 Å². The summed E-state index contributed by atoms with van der Waals surface area (Å²) in [7, 11) is 2.08. The molecule has 0 radical (unpaired) electrons. The van der Waals surface area contributed by atoms with E-state index in [-0.39, 0.29) is 0 Å². The third-order valence-electron chi connectivity index (χ3n) is 5.17. The normalized spacial score (nSPS) is 17.1. The van der Waals surface area contributed by atoms with Crippen molar-refractivity contribution >= 4 is 0 Å². The summed E-state index contributed by atoms with van der Waals surface area (Å²) in [5.74, 6) is 0.808. The summed E-state index contributed by atoms with van der Waals surface area (Å²) >= 11 is 0. The first-order chi connectivity index (χ1) is 13.6. The largest absolute Gasteiger partial charge is 0.491 e. The fourth-order valence-corrected chi connectivity index (χ4v) is 3.60. The molecule has 0 unspecified atom stereocenters. The smallest absolute Gasteiger partial charge is 0.119 e. The van der Waals surface area contributed by atoms with E-state index in [1.807, 2.05) is 18.2 Å². The molecule has 1 aliphatic rings. The fraction of sp³-hybridized carbons (Fsp3) is 0.571.